The van der Waals surface area contributed by atoms with Crippen molar-refractivity contribution in [2.75, 3.05) is 13.2 Å². The minimum absolute atomic E-state index is 0.0652. The highest BCUT2D eigenvalue weighted by atomic mass is 16.5. The first-order valence-corrected chi connectivity index (χ1v) is 8.03. The molecule has 0 bridgehead atoms. The molecule has 1 unspecified atom stereocenters. The highest BCUT2D eigenvalue weighted by Gasteiger charge is 2.37. The van der Waals surface area contributed by atoms with Gasteiger partial charge in [0.1, 0.15) is 28.7 Å². The lowest BCUT2D eigenvalue weighted by atomic mass is 9.98. The van der Waals surface area contributed by atoms with Gasteiger partial charge in [0.25, 0.3) is 0 Å². The van der Waals surface area contributed by atoms with Crippen molar-refractivity contribution in [2.45, 2.75) is 12.1 Å². The summed E-state index contributed by atoms with van der Waals surface area (Å²) in [4.78, 5) is 9.12. The van der Waals surface area contributed by atoms with Crippen LogP contribution in [0.2, 0.25) is 0 Å². The van der Waals surface area contributed by atoms with Crippen LogP contribution in [0.25, 0.3) is 21.5 Å². The third kappa shape index (κ3) is 1.71. The molecule has 5 rings (SSSR count). The fraction of sp³-hybridized carbons (Fsp3) is 0.222. The lowest BCUT2D eigenvalue weighted by Crippen LogP contribution is -2.22. The lowest BCUT2D eigenvalue weighted by molar-refractivity contribution is 0.180. The minimum atomic E-state index is -0.805. The van der Waals surface area contributed by atoms with Crippen molar-refractivity contribution in [3.63, 3.8) is 0 Å². The van der Waals surface area contributed by atoms with E-state index in [9.17, 15) is 25.5 Å². The average molecular weight is 354 g/mol. The van der Waals surface area contributed by atoms with Crippen molar-refractivity contribution < 1.29 is 30.3 Å². The normalized spacial score (nSPS) is 21.2. The maximum atomic E-state index is 10.8. The van der Waals surface area contributed by atoms with Gasteiger partial charge in [-0.25, -0.2) is 4.99 Å². The number of rotatable bonds is 0. The molecule has 1 fully saturated rings. The molecule has 3 aromatic rings. The van der Waals surface area contributed by atoms with Crippen molar-refractivity contribution in [1.29, 1.82) is 0 Å². The van der Waals surface area contributed by atoms with E-state index in [1.165, 1.54) is 18.2 Å². The summed E-state index contributed by atoms with van der Waals surface area (Å²) in [7, 11) is 0. The molecule has 8 heteroatoms. The molecule has 3 aromatic carbocycles. The van der Waals surface area contributed by atoms with Gasteiger partial charge in [-0.1, -0.05) is 0 Å². The number of hydrogen-bond donors (Lipinski definition) is 5. The Labute approximate surface area is 145 Å². The minimum Gasteiger partial charge on any atom is -0.507 e. The number of ether oxygens (including phenoxy) is 1. The van der Waals surface area contributed by atoms with E-state index in [2.05, 4.69) is 9.98 Å². The van der Waals surface area contributed by atoms with E-state index in [0.29, 0.717) is 23.7 Å². The Kier molecular flexibility index (Phi) is 2.70. The third-order valence-electron chi connectivity index (χ3n) is 5.00. The second kappa shape index (κ2) is 4.67. The largest absolute Gasteiger partial charge is 0.507 e. The van der Waals surface area contributed by atoms with Crippen LogP contribution < -0.4 is 10.7 Å². The number of phenols is 5. The van der Waals surface area contributed by atoms with Gasteiger partial charge in [0.05, 0.1) is 45.5 Å². The Morgan fingerprint density at radius 2 is 1.42 bits per heavy atom. The second-order valence-corrected chi connectivity index (χ2v) is 6.57. The number of fused-ring (bicyclic) bond motifs is 4. The Balaban J connectivity index is 2.06. The van der Waals surface area contributed by atoms with Crippen LogP contribution in [0.5, 0.6) is 28.7 Å². The average Bonchev–Trinajstić information content (AvgIpc) is 3.20. The van der Waals surface area contributed by atoms with Gasteiger partial charge in [-0.05, 0) is 12.1 Å². The maximum absolute atomic E-state index is 10.8. The number of benzene rings is 3. The van der Waals surface area contributed by atoms with Crippen molar-refractivity contribution in [3.8, 4) is 28.7 Å². The molecule has 2 aliphatic heterocycles. The fourth-order valence-electron chi connectivity index (χ4n) is 3.80. The molecule has 26 heavy (non-hydrogen) atoms. The van der Waals surface area contributed by atoms with Gasteiger partial charge < -0.3 is 30.3 Å². The molecular formula is C18H14N2O6. The van der Waals surface area contributed by atoms with E-state index < -0.39 is 17.2 Å². The highest BCUT2D eigenvalue weighted by molar-refractivity contribution is 6.16. The smallest absolute Gasteiger partial charge is 0.176 e. The van der Waals surface area contributed by atoms with Gasteiger partial charge in [-0.3, -0.25) is 4.99 Å². The quantitative estimate of drug-likeness (QED) is 0.301. The summed E-state index contributed by atoms with van der Waals surface area (Å²) >= 11 is 0. The molecule has 0 amide bonds. The molecule has 2 aliphatic rings. The van der Waals surface area contributed by atoms with Crippen LogP contribution in [0, 0.1) is 0 Å². The van der Waals surface area contributed by atoms with Crippen LogP contribution in [0.15, 0.2) is 28.2 Å². The van der Waals surface area contributed by atoms with Crippen molar-refractivity contribution in [3.05, 3.63) is 28.9 Å². The predicted molar refractivity (Wildman–Crippen MR) is 90.3 cm³/mol. The van der Waals surface area contributed by atoms with Crippen LogP contribution in [0.4, 0.5) is 0 Å². The first-order chi connectivity index (χ1) is 12.4. The first-order valence-electron chi connectivity index (χ1n) is 8.03. The van der Waals surface area contributed by atoms with E-state index in [1.807, 2.05) is 0 Å². The van der Waals surface area contributed by atoms with Crippen LogP contribution in [0.1, 0.15) is 6.42 Å². The molecule has 1 saturated heterocycles. The molecular weight excluding hydrogens is 340 g/mol. The van der Waals surface area contributed by atoms with Gasteiger partial charge in [0.2, 0.25) is 0 Å². The molecule has 5 N–H and O–H groups in total. The van der Waals surface area contributed by atoms with Crippen molar-refractivity contribution in [1.82, 2.24) is 0 Å². The molecule has 1 spiro atoms. The molecule has 0 saturated carbocycles. The summed E-state index contributed by atoms with van der Waals surface area (Å²) in [5.41, 5.74) is -0.805. The zero-order chi connectivity index (χ0) is 18.2. The summed E-state index contributed by atoms with van der Waals surface area (Å²) in [6, 6.07) is 3.76. The SMILES string of the molecule is Oc1ccc(O)c2c(O)c3c4c(cc(O)c3c(O)c12)=NC1(CCOC1)N=4. The molecule has 0 aliphatic carbocycles. The van der Waals surface area contributed by atoms with Gasteiger partial charge in [-0.15, -0.1) is 0 Å². The highest BCUT2D eigenvalue weighted by Crippen LogP contribution is 2.49. The van der Waals surface area contributed by atoms with Crippen LogP contribution in [-0.4, -0.2) is 44.4 Å². The topological polar surface area (TPSA) is 135 Å². The number of aromatic hydroxyl groups is 5. The Morgan fingerprint density at radius 1 is 0.808 bits per heavy atom. The molecule has 132 valence electrons. The fourth-order valence-corrected chi connectivity index (χ4v) is 3.80. The summed E-state index contributed by atoms with van der Waals surface area (Å²) in [6.07, 6.45) is 0.566. The molecule has 0 aromatic heterocycles. The first kappa shape index (κ1) is 15.0. The maximum Gasteiger partial charge on any atom is 0.176 e. The summed E-state index contributed by atoms with van der Waals surface area (Å²) in [5.74, 6) is -1.83. The van der Waals surface area contributed by atoms with E-state index in [1.54, 1.807) is 0 Å². The number of phenolic OH excluding ortho intramolecular Hbond substituents is 5. The Bertz CT molecular complexity index is 1240. The van der Waals surface area contributed by atoms with Gasteiger partial charge in [0, 0.05) is 12.5 Å². The molecule has 0 radical (unpaired) electrons. The van der Waals surface area contributed by atoms with E-state index in [0.717, 1.165) is 0 Å². The second-order valence-electron chi connectivity index (χ2n) is 6.57. The van der Waals surface area contributed by atoms with Crippen molar-refractivity contribution >= 4 is 21.5 Å². The van der Waals surface area contributed by atoms with Gasteiger partial charge in [-0.2, -0.15) is 0 Å². The molecule has 1 atom stereocenters. The van der Waals surface area contributed by atoms with Gasteiger partial charge in [0.15, 0.2) is 5.66 Å². The summed E-state index contributed by atoms with van der Waals surface area (Å²) in [5, 5.41) is 52.6. The predicted octanol–water partition coefficient (Wildman–Crippen LogP) is 0.890. The third-order valence-corrected chi connectivity index (χ3v) is 5.00. The van der Waals surface area contributed by atoms with Crippen LogP contribution in [-0.2, 0) is 4.74 Å². The van der Waals surface area contributed by atoms with E-state index >= 15 is 0 Å². The zero-order valence-corrected chi connectivity index (χ0v) is 13.4. The van der Waals surface area contributed by atoms with E-state index in [-0.39, 0.29) is 45.4 Å². The number of hydrogen-bond acceptors (Lipinski definition) is 8. The van der Waals surface area contributed by atoms with Crippen molar-refractivity contribution in [2.24, 2.45) is 9.98 Å². The number of nitrogens with zero attached hydrogens (tertiary/aromatic N) is 2. The lowest BCUT2D eigenvalue weighted by Gasteiger charge is -2.13. The molecule has 2 heterocycles. The zero-order valence-electron chi connectivity index (χ0n) is 13.4. The Hall–Kier alpha value is -3.26. The van der Waals surface area contributed by atoms with E-state index in [4.69, 9.17) is 4.74 Å². The summed E-state index contributed by atoms with van der Waals surface area (Å²) < 4.78 is 5.38. The van der Waals surface area contributed by atoms with Crippen LogP contribution in [0.3, 0.4) is 0 Å². The summed E-state index contributed by atoms with van der Waals surface area (Å²) in [6.45, 7) is 0.788. The van der Waals surface area contributed by atoms with Crippen LogP contribution >= 0.6 is 0 Å². The monoisotopic (exact) mass is 354 g/mol. The Morgan fingerprint density at radius 3 is 2.04 bits per heavy atom. The standard InChI is InChI=1S/C18H14N2O6/c21-8-1-2-9(22)12-11(8)16(24)13-10(23)5-7-15(14(13)17(12)25)20-18(19-7)3-4-26-6-18/h1-2,5,21-25H,3-4,6H2. The molecule has 8 nitrogen and oxygen atoms in total. The van der Waals surface area contributed by atoms with Gasteiger partial charge >= 0.3 is 0 Å².